The highest BCUT2D eigenvalue weighted by molar-refractivity contribution is 5.96. The average molecular weight is 303 g/mol. The molecule has 0 fully saturated rings. The van der Waals surface area contributed by atoms with Crippen molar-refractivity contribution in [3.05, 3.63) is 29.8 Å². The maximum Gasteiger partial charge on any atom is 0.255 e. The number of benzene rings is 1. The number of hydrogen-bond acceptors (Lipinski definition) is 4. The predicted octanol–water partition coefficient (Wildman–Crippen LogP) is 0.411. The van der Waals surface area contributed by atoms with Crippen molar-refractivity contribution in [2.24, 2.45) is 11.5 Å². The first-order chi connectivity index (χ1) is 10.6. The Bertz CT molecular complexity index is 552. The molecule has 0 bridgehead atoms. The molecule has 1 rings (SSSR count). The molecule has 6 nitrogen and oxygen atoms in total. The Morgan fingerprint density at radius 2 is 2.05 bits per heavy atom. The largest absolute Gasteiger partial charge is 0.480 e. The van der Waals surface area contributed by atoms with Gasteiger partial charge in [-0.15, -0.1) is 6.42 Å². The number of carbonyl (C=O) groups is 2. The number of amides is 2. The predicted molar refractivity (Wildman–Crippen MR) is 84.1 cm³/mol. The summed E-state index contributed by atoms with van der Waals surface area (Å²) in [7, 11) is 0. The molecule has 0 saturated heterocycles. The highest BCUT2D eigenvalue weighted by atomic mass is 16.5. The molecule has 6 heteroatoms. The van der Waals surface area contributed by atoms with Gasteiger partial charge in [0.25, 0.3) is 5.91 Å². The fourth-order valence-electron chi connectivity index (χ4n) is 1.83. The van der Waals surface area contributed by atoms with Crippen molar-refractivity contribution in [2.75, 3.05) is 13.2 Å². The quantitative estimate of drug-likeness (QED) is 0.453. The van der Waals surface area contributed by atoms with E-state index in [1.165, 1.54) is 0 Å². The molecule has 0 saturated carbocycles. The van der Waals surface area contributed by atoms with Crippen molar-refractivity contribution < 1.29 is 14.3 Å². The molecule has 1 unspecified atom stereocenters. The molecule has 0 aliphatic carbocycles. The van der Waals surface area contributed by atoms with Gasteiger partial charge >= 0.3 is 0 Å². The summed E-state index contributed by atoms with van der Waals surface area (Å²) in [4.78, 5) is 22.9. The van der Waals surface area contributed by atoms with E-state index in [2.05, 4.69) is 11.2 Å². The van der Waals surface area contributed by atoms with Gasteiger partial charge in [-0.3, -0.25) is 9.59 Å². The van der Waals surface area contributed by atoms with E-state index in [-0.39, 0.29) is 12.5 Å². The number of nitrogens with two attached hydrogens (primary N) is 2. The van der Waals surface area contributed by atoms with Crippen LogP contribution in [0.2, 0.25) is 0 Å². The smallest absolute Gasteiger partial charge is 0.255 e. The lowest BCUT2D eigenvalue weighted by atomic mass is 10.1. The summed E-state index contributed by atoms with van der Waals surface area (Å²) in [5.74, 6) is 2.07. The van der Waals surface area contributed by atoms with Crippen LogP contribution >= 0.6 is 0 Å². The van der Waals surface area contributed by atoms with E-state index in [4.69, 9.17) is 22.6 Å². The third-order valence-corrected chi connectivity index (χ3v) is 3.04. The minimum absolute atomic E-state index is 0.106. The number of para-hydroxylation sites is 1. The molecule has 22 heavy (non-hydrogen) atoms. The monoisotopic (exact) mass is 303 g/mol. The van der Waals surface area contributed by atoms with Crippen LogP contribution < -0.4 is 21.5 Å². The third-order valence-electron chi connectivity index (χ3n) is 3.04. The Morgan fingerprint density at radius 1 is 1.32 bits per heavy atom. The zero-order valence-corrected chi connectivity index (χ0v) is 12.4. The molecule has 118 valence electrons. The fraction of sp³-hybridized carbons (Fsp3) is 0.375. The molecule has 1 atom stereocenters. The summed E-state index contributed by atoms with van der Waals surface area (Å²) < 4.78 is 5.33. The van der Waals surface area contributed by atoms with Gasteiger partial charge in [0, 0.05) is 6.54 Å². The van der Waals surface area contributed by atoms with Crippen molar-refractivity contribution in [3.63, 3.8) is 0 Å². The molecule has 2 amide bonds. The van der Waals surface area contributed by atoms with Gasteiger partial charge in [0.05, 0.1) is 11.6 Å². The second kappa shape index (κ2) is 9.42. The standard InChI is InChI=1S/C16H21N3O3/c1-2-11-22-14-9-4-3-7-12(14)16(21)19-10-6-5-8-13(17)15(18)20/h1,3-4,7,9,13H,5-6,8,10-11,17H2,(H2,18,20)(H,19,21). The van der Waals surface area contributed by atoms with Crippen LogP contribution in [0.3, 0.4) is 0 Å². The molecule has 0 radical (unpaired) electrons. The first-order valence-corrected chi connectivity index (χ1v) is 7.04. The van der Waals surface area contributed by atoms with Gasteiger partial charge in [0.2, 0.25) is 5.91 Å². The normalized spacial score (nSPS) is 11.3. The van der Waals surface area contributed by atoms with E-state index in [9.17, 15) is 9.59 Å². The lowest BCUT2D eigenvalue weighted by Gasteiger charge is -2.10. The molecular weight excluding hydrogens is 282 g/mol. The SMILES string of the molecule is C#CCOc1ccccc1C(=O)NCCCCC(N)C(N)=O. The van der Waals surface area contributed by atoms with Crippen LogP contribution in [0.25, 0.3) is 0 Å². The van der Waals surface area contributed by atoms with Crippen molar-refractivity contribution >= 4 is 11.8 Å². The second-order valence-corrected chi connectivity index (χ2v) is 4.75. The van der Waals surface area contributed by atoms with Crippen LogP contribution in [-0.2, 0) is 4.79 Å². The zero-order chi connectivity index (χ0) is 16.4. The number of ether oxygens (including phenoxy) is 1. The van der Waals surface area contributed by atoms with E-state index >= 15 is 0 Å². The first-order valence-electron chi connectivity index (χ1n) is 7.04. The number of rotatable bonds is 9. The van der Waals surface area contributed by atoms with Gasteiger partial charge in [0.1, 0.15) is 12.4 Å². The molecule has 0 spiro atoms. The van der Waals surface area contributed by atoms with E-state index in [1.807, 2.05) is 0 Å². The average Bonchev–Trinajstić information content (AvgIpc) is 2.52. The Balaban J connectivity index is 2.40. The molecular formula is C16H21N3O3. The van der Waals surface area contributed by atoms with Crippen LogP contribution in [0.1, 0.15) is 29.6 Å². The molecule has 0 aromatic heterocycles. The first kappa shape index (κ1) is 17.5. The number of carbonyl (C=O) groups excluding carboxylic acids is 2. The van der Waals surface area contributed by atoms with Crippen molar-refractivity contribution in [1.29, 1.82) is 0 Å². The summed E-state index contributed by atoms with van der Waals surface area (Å²) in [6, 6.07) is 6.26. The third kappa shape index (κ3) is 5.85. The lowest BCUT2D eigenvalue weighted by molar-refractivity contribution is -0.119. The van der Waals surface area contributed by atoms with Gasteiger partial charge in [-0.2, -0.15) is 0 Å². The van der Waals surface area contributed by atoms with Gasteiger partial charge in [0.15, 0.2) is 0 Å². The fourth-order valence-corrected chi connectivity index (χ4v) is 1.83. The minimum Gasteiger partial charge on any atom is -0.480 e. The molecule has 1 aromatic rings. The highest BCUT2D eigenvalue weighted by Crippen LogP contribution is 2.17. The van der Waals surface area contributed by atoms with E-state index in [0.717, 1.165) is 0 Å². The van der Waals surface area contributed by atoms with Gasteiger partial charge in [-0.1, -0.05) is 18.1 Å². The van der Waals surface area contributed by atoms with Gasteiger partial charge in [-0.25, -0.2) is 0 Å². The summed E-state index contributed by atoms with van der Waals surface area (Å²) in [5, 5.41) is 2.79. The summed E-state index contributed by atoms with van der Waals surface area (Å²) in [6.07, 6.45) is 7.07. The Labute approximate surface area is 130 Å². The van der Waals surface area contributed by atoms with Crippen molar-refractivity contribution in [2.45, 2.75) is 25.3 Å². The van der Waals surface area contributed by atoms with Crippen molar-refractivity contribution in [1.82, 2.24) is 5.32 Å². The Hall–Kier alpha value is -2.52. The zero-order valence-electron chi connectivity index (χ0n) is 12.4. The van der Waals surface area contributed by atoms with Crippen LogP contribution in [0.4, 0.5) is 0 Å². The highest BCUT2D eigenvalue weighted by Gasteiger charge is 2.12. The number of terminal acetylenes is 1. The Morgan fingerprint density at radius 3 is 2.73 bits per heavy atom. The van der Waals surface area contributed by atoms with Gasteiger partial charge < -0.3 is 21.5 Å². The maximum absolute atomic E-state index is 12.1. The van der Waals surface area contributed by atoms with E-state index < -0.39 is 11.9 Å². The van der Waals surface area contributed by atoms with E-state index in [0.29, 0.717) is 37.1 Å². The summed E-state index contributed by atoms with van der Waals surface area (Å²) >= 11 is 0. The molecule has 0 aliphatic rings. The second-order valence-electron chi connectivity index (χ2n) is 4.75. The van der Waals surface area contributed by atoms with E-state index in [1.54, 1.807) is 24.3 Å². The summed E-state index contributed by atoms with van der Waals surface area (Å²) in [6.45, 7) is 0.586. The number of nitrogens with one attached hydrogen (secondary N) is 1. The number of hydrogen-bond donors (Lipinski definition) is 3. The van der Waals surface area contributed by atoms with Crippen LogP contribution in [0.15, 0.2) is 24.3 Å². The number of unbranched alkanes of at least 4 members (excludes halogenated alkanes) is 1. The molecule has 5 N–H and O–H groups in total. The van der Waals surface area contributed by atoms with Crippen LogP contribution in [0.5, 0.6) is 5.75 Å². The van der Waals surface area contributed by atoms with Crippen LogP contribution in [-0.4, -0.2) is 31.0 Å². The van der Waals surface area contributed by atoms with Gasteiger partial charge in [-0.05, 0) is 31.4 Å². The Kier molecular flexibility index (Phi) is 7.51. The topological polar surface area (TPSA) is 107 Å². The molecule has 0 aliphatic heterocycles. The summed E-state index contributed by atoms with van der Waals surface area (Å²) in [5.41, 5.74) is 11.0. The molecule has 1 aromatic carbocycles. The number of primary amides is 1. The van der Waals surface area contributed by atoms with Crippen LogP contribution in [0, 0.1) is 12.3 Å². The van der Waals surface area contributed by atoms with Crippen molar-refractivity contribution in [3.8, 4) is 18.1 Å². The maximum atomic E-state index is 12.1. The lowest BCUT2D eigenvalue weighted by Crippen LogP contribution is -2.36. The minimum atomic E-state index is -0.631. The molecule has 0 heterocycles.